The Kier molecular flexibility index (Phi) is 7.66. The van der Waals surface area contributed by atoms with Gasteiger partial charge in [-0.05, 0) is 30.9 Å². The van der Waals surface area contributed by atoms with Crippen LogP contribution in [0.4, 0.5) is 0 Å². The maximum Gasteiger partial charge on any atom is 0.204 e. The fourth-order valence-corrected chi connectivity index (χ4v) is 4.19. The second-order valence-electron chi connectivity index (χ2n) is 8.18. The summed E-state index contributed by atoms with van der Waals surface area (Å²) in [6, 6.07) is 9.54. The molecule has 2 aromatic rings. The van der Waals surface area contributed by atoms with Crippen LogP contribution < -0.4 is 14.2 Å². The molecule has 2 aromatic carbocycles. The molecular formula is C26H33NO5. The number of hydrogen-bond acceptors (Lipinski definition) is 6. The number of hydrogen-bond donors (Lipinski definition) is 0. The monoisotopic (exact) mass is 439 g/mol. The van der Waals surface area contributed by atoms with Gasteiger partial charge < -0.3 is 18.9 Å². The Hall–Kier alpha value is -2.57. The molecule has 0 amide bonds. The van der Waals surface area contributed by atoms with Crippen LogP contribution in [0.15, 0.2) is 30.3 Å². The summed E-state index contributed by atoms with van der Waals surface area (Å²) in [4.78, 5) is 15.5. The van der Waals surface area contributed by atoms with Gasteiger partial charge in [-0.3, -0.25) is 9.69 Å². The van der Waals surface area contributed by atoms with Gasteiger partial charge in [-0.25, -0.2) is 0 Å². The van der Waals surface area contributed by atoms with Crippen LogP contribution in [-0.2, 0) is 4.74 Å². The van der Waals surface area contributed by atoms with Gasteiger partial charge >= 0.3 is 0 Å². The van der Waals surface area contributed by atoms with E-state index < -0.39 is 0 Å². The third-order valence-corrected chi connectivity index (χ3v) is 5.77. The summed E-state index contributed by atoms with van der Waals surface area (Å²) in [5, 5.41) is 0. The summed E-state index contributed by atoms with van der Waals surface area (Å²) in [6.07, 6.45) is 2.63. The van der Waals surface area contributed by atoms with Gasteiger partial charge in [0.15, 0.2) is 17.3 Å². The molecule has 0 saturated carbocycles. The highest BCUT2D eigenvalue weighted by Gasteiger charge is 2.34. The predicted molar refractivity (Wildman–Crippen MR) is 124 cm³/mol. The number of rotatable bonds is 11. The lowest BCUT2D eigenvalue weighted by molar-refractivity contribution is 0.0357. The van der Waals surface area contributed by atoms with Gasteiger partial charge in [-0.1, -0.05) is 38.1 Å². The van der Waals surface area contributed by atoms with E-state index in [1.54, 1.807) is 0 Å². The molecule has 0 unspecified atom stereocenters. The van der Waals surface area contributed by atoms with Gasteiger partial charge in [0, 0.05) is 36.3 Å². The minimum absolute atomic E-state index is 0.0113. The van der Waals surface area contributed by atoms with Crippen LogP contribution in [0, 0.1) is 0 Å². The second-order valence-corrected chi connectivity index (χ2v) is 8.18. The predicted octanol–water partition coefficient (Wildman–Crippen LogP) is 4.58. The molecule has 1 aliphatic carbocycles. The van der Waals surface area contributed by atoms with Crippen molar-refractivity contribution in [1.82, 2.24) is 4.90 Å². The van der Waals surface area contributed by atoms with Gasteiger partial charge in [-0.2, -0.15) is 0 Å². The lowest BCUT2D eigenvalue weighted by atomic mass is 10.0. The molecule has 1 fully saturated rings. The van der Waals surface area contributed by atoms with Crippen LogP contribution >= 0.6 is 0 Å². The Balaban J connectivity index is 1.64. The summed E-state index contributed by atoms with van der Waals surface area (Å²) in [5.41, 5.74) is 3.06. The largest absolute Gasteiger partial charge is 0.490 e. The topological polar surface area (TPSA) is 57.2 Å². The van der Waals surface area contributed by atoms with Crippen LogP contribution in [0.25, 0.3) is 11.1 Å². The molecular weight excluding hydrogens is 406 g/mol. The molecule has 0 aromatic heterocycles. The van der Waals surface area contributed by atoms with E-state index in [0.29, 0.717) is 48.2 Å². The van der Waals surface area contributed by atoms with Crippen molar-refractivity contribution in [2.75, 3.05) is 52.7 Å². The number of nitrogens with zero attached hydrogens (tertiary/aromatic N) is 1. The Morgan fingerprint density at radius 1 is 0.875 bits per heavy atom. The number of benzene rings is 2. The van der Waals surface area contributed by atoms with E-state index in [1.807, 2.05) is 30.3 Å². The van der Waals surface area contributed by atoms with Crippen LogP contribution in [0.3, 0.4) is 0 Å². The van der Waals surface area contributed by atoms with Crippen molar-refractivity contribution in [3.63, 3.8) is 0 Å². The molecule has 2 aliphatic rings. The zero-order valence-electron chi connectivity index (χ0n) is 19.2. The zero-order chi connectivity index (χ0) is 22.3. The zero-order valence-corrected chi connectivity index (χ0v) is 19.2. The van der Waals surface area contributed by atoms with Crippen LogP contribution in [0.1, 0.15) is 49.0 Å². The van der Waals surface area contributed by atoms with Gasteiger partial charge in [0.05, 0.1) is 33.0 Å². The second kappa shape index (κ2) is 10.8. The summed E-state index contributed by atoms with van der Waals surface area (Å²) in [5.74, 6) is 1.83. The first-order chi connectivity index (χ1) is 15.7. The van der Waals surface area contributed by atoms with Gasteiger partial charge in [0.2, 0.25) is 5.75 Å². The normalized spacial score (nSPS) is 15.4. The van der Waals surface area contributed by atoms with E-state index >= 15 is 0 Å². The Labute approximate surface area is 190 Å². The van der Waals surface area contributed by atoms with Crippen molar-refractivity contribution in [2.45, 2.75) is 33.1 Å². The summed E-state index contributed by atoms with van der Waals surface area (Å²) in [6.45, 7) is 10.3. The Morgan fingerprint density at radius 3 is 2.31 bits per heavy atom. The van der Waals surface area contributed by atoms with Crippen molar-refractivity contribution in [1.29, 1.82) is 0 Å². The molecule has 1 aliphatic heterocycles. The maximum atomic E-state index is 13.1. The van der Waals surface area contributed by atoms with E-state index in [-0.39, 0.29) is 5.78 Å². The summed E-state index contributed by atoms with van der Waals surface area (Å²) >= 11 is 0. The molecule has 172 valence electrons. The minimum Gasteiger partial charge on any atom is -0.490 e. The quantitative estimate of drug-likeness (QED) is 0.408. The van der Waals surface area contributed by atoms with Crippen molar-refractivity contribution in [3.8, 4) is 28.4 Å². The number of morpholine rings is 1. The van der Waals surface area contributed by atoms with E-state index in [1.165, 1.54) is 0 Å². The summed E-state index contributed by atoms with van der Waals surface area (Å²) < 4.78 is 24.0. The van der Waals surface area contributed by atoms with Crippen molar-refractivity contribution in [3.05, 3.63) is 41.5 Å². The first-order valence-electron chi connectivity index (χ1n) is 11.8. The molecule has 6 heteroatoms. The summed E-state index contributed by atoms with van der Waals surface area (Å²) in [7, 11) is 0. The van der Waals surface area contributed by atoms with Crippen LogP contribution in [0.5, 0.6) is 17.2 Å². The molecule has 1 saturated heterocycles. The van der Waals surface area contributed by atoms with Gasteiger partial charge in [0.25, 0.3) is 0 Å². The maximum absolute atomic E-state index is 13.1. The molecule has 0 atom stereocenters. The highest BCUT2D eigenvalue weighted by molar-refractivity contribution is 6.23. The van der Waals surface area contributed by atoms with E-state index in [2.05, 4.69) is 18.7 Å². The molecule has 4 rings (SSSR count). The molecule has 6 nitrogen and oxygen atoms in total. The third kappa shape index (κ3) is 4.76. The number of carbonyl (C=O) groups is 1. The van der Waals surface area contributed by atoms with Gasteiger partial charge in [0.1, 0.15) is 0 Å². The molecule has 0 bridgehead atoms. The highest BCUT2D eigenvalue weighted by atomic mass is 16.5. The average molecular weight is 440 g/mol. The number of ketones is 1. The number of ether oxygens (including phenoxy) is 4. The lowest BCUT2D eigenvalue weighted by Gasteiger charge is -2.26. The Morgan fingerprint density at radius 2 is 1.56 bits per heavy atom. The highest BCUT2D eigenvalue weighted by Crippen LogP contribution is 2.51. The Bertz CT molecular complexity index is 936. The lowest BCUT2D eigenvalue weighted by Crippen LogP contribution is -2.37. The first-order valence-corrected chi connectivity index (χ1v) is 11.8. The van der Waals surface area contributed by atoms with Crippen molar-refractivity contribution in [2.24, 2.45) is 0 Å². The van der Waals surface area contributed by atoms with Crippen LogP contribution in [0.2, 0.25) is 0 Å². The van der Waals surface area contributed by atoms with E-state index in [9.17, 15) is 4.79 Å². The van der Waals surface area contributed by atoms with E-state index in [4.69, 9.17) is 18.9 Å². The van der Waals surface area contributed by atoms with Crippen molar-refractivity contribution >= 4 is 5.78 Å². The fraction of sp³-hybridized carbons (Fsp3) is 0.500. The molecule has 0 radical (unpaired) electrons. The van der Waals surface area contributed by atoms with Gasteiger partial charge in [-0.15, -0.1) is 0 Å². The molecule has 0 N–H and O–H groups in total. The van der Waals surface area contributed by atoms with Crippen LogP contribution in [-0.4, -0.2) is 63.4 Å². The minimum atomic E-state index is 0.0113. The molecule has 0 spiro atoms. The standard InChI is InChI=1S/C26H33NO5/c1-3-13-30-22-18-21-23(19-8-5-6-9-20(19)24(21)28)26(31-14-4-2)25(22)32-15-7-10-27-11-16-29-17-12-27/h5-6,8-9,18H,3-4,7,10-17H2,1-2H3. The molecule has 1 heterocycles. The van der Waals surface area contributed by atoms with Crippen molar-refractivity contribution < 1.29 is 23.7 Å². The fourth-order valence-electron chi connectivity index (χ4n) is 4.19. The SMILES string of the molecule is CCCOc1cc2c(c(OCCC)c1OCCCN1CCOCC1)-c1ccccc1C2=O. The smallest absolute Gasteiger partial charge is 0.204 e. The average Bonchev–Trinajstić information content (AvgIpc) is 3.12. The molecule has 32 heavy (non-hydrogen) atoms. The third-order valence-electron chi connectivity index (χ3n) is 5.77. The number of carbonyl (C=O) groups excluding carboxylic acids is 1. The number of fused-ring (bicyclic) bond motifs is 3. The first kappa shape index (κ1) is 22.6. The van der Waals surface area contributed by atoms with E-state index in [0.717, 1.165) is 63.2 Å².